The zero-order valence-corrected chi connectivity index (χ0v) is 11.2. The SMILES string of the molecule is CCOC(CCNC1CCCC1CO)OCC. The van der Waals surface area contributed by atoms with Gasteiger partial charge in [-0.25, -0.2) is 0 Å². The van der Waals surface area contributed by atoms with Crippen molar-refractivity contribution in [3.05, 3.63) is 0 Å². The van der Waals surface area contributed by atoms with E-state index in [0.29, 0.717) is 31.8 Å². The Bertz CT molecular complexity index is 184. The third-order valence-corrected chi connectivity index (χ3v) is 3.39. The summed E-state index contributed by atoms with van der Waals surface area (Å²) in [7, 11) is 0. The molecule has 0 amide bonds. The van der Waals surface area contributed by atoms with Gasteiger partial charge in [0.05, 0.1) is 0 Å². The fourth-order valence-corrected chi connectivity index (χ4v) is 2.50. The van der Waals surface area contributed by atoms with Crippen molar-refractivity contribution >= 4 is 0 Å². The lowest BCUT2D eigenvalue weighted by Crippen LogP contribution is -2.36. The summed E-state index contributed by atoms with van der Waals surface area (Å²) in [5.74, 6) is 0.438. The highest BCUT2D eigenvalue weighted by atomic mass is 16.7. The van der Waals surface area contributed by atoms with E-state index in [1.165, 1.54) is 12.8 Å². The predicted octanol–water partition coefficient (Wildman–Crippen LogP) is 1.53. The summed E-state index contributed by atoms with van der Waals surface area (Å²) in [6.45, 7) is 6.54. The Hall–Kier alpha value is -0.160. The van der Waals surface area contributed by atoms with Crippen LogP contribution in [0.2, 0.25) is 0 Å². The molecule has 102 valence electrons. The number of aliphatic hydroxyl groups is 1. The van der Waals surface area contributed by atoms with Crippen LogP contribution in [-0.2, 0) is 9.47 Å². The molecular weight excluding hydrogens is 218 g/mol. The predicted molar refractivity (Wildman–Crippen MR) is 67.9 cm³/mol. The molecule has 0 saturated heterocycles. The van der Waals surface area contributed by atoms with Crippen LogP contribution in [0.15, 0.2) is 0 Å². The van der Waals surface area contributed by atoms with Crippen molar-refractivity contribution < 1.29 is 14.6 Å². The van der Waals surface area contributed by atoms with Gasteiger partial charge < -0.3 is 19.9 Å². The monoisotopic (exact) mass is 245 g/mol. The smallest absolute Gasteiger partial charge is 0.158 e. The number of hydrogen-bond acceptors (Lipinski definition) is 4. The third-order valence-electron chi connectivity index (χ3n) is 3.39. The Kier molecular flexibility index (Phi) is 7.77. The molecule has 2 unspecified atom stereocenters. The van der Waals surface area contributed by atoms with Gasteiger partial charge in [-0.05, 0) is 32.6 Å². The maximum atomic E-state index is 9.22. The van der Waals surface area contributed by atoms with E-state index in [1.54, 1.807) is 0 Å². The van der Waals surface area contributed by atoms with Crippen molar-refractivity contribution in [3.63, 3.8) is 0 Å². The van der Waals surface area contributed by atoms with Crippen molar-refractivity contribution in [2.24, 2.45) is 5.92 Å². The van der Waals surface area contributed by atoms with Crippen LogP contribution in [0, 0.1) is 5.92 Å². The first-order valence-electron chi connectivity index (χ1n) is 6.89. The molecule has 17 heavy (non-hydrogen) atoms. The van der Waals surface area contributed by atoms with Gasteiger partial charge in [-0.15, -0.1) is 0 Å². The van der Waals surface area contributed by atoms with Crippen molar-refractivity contribution in [1.29, 1.82) is 0 Å². The molecule has 1 aliphatic carbocycles. The minimum atomic E-state index is -0.0912. The van der Waals surface area contributed by atoms with Crippen molar-refractivity contribution in [2.75, 3.05) is 26.4 Å². The van der Waals surface area contributed by atoms with Crippen LogP contribution < -0.4 is 5.32 Å². The summed E-state index contributed by atoms with van der Waals surface area (Å²) in [6, 6.07) is 0.476. The number of hydrogen-bond donors (Lipinski definition) is 2. The number of rotatable bonds is 9. The molecule has 1 aliphatic rings. The first-order valence-corrected chi connectivity index (χ1v) is 6.89. The van der Waals surface area contributed by atoms with Gasteiger partial charge in [0, 0.05) is 38.8 Å². The van der Waals surface area contributed by atoms with E-state index in [0.717, 1.165) is 19.4 Å². The van der Waals surface area contributed by atoms with E-state index in [-0.39, 0.29) is 6.29 Å². The van der Waals surface area contributed by atoms with Crippen molar-refractivity contribution in [2.45, 2.75) is 51.9 Å². The lowest BCUT2D eigenvalue weighted by Gasteiger charge is -2.21. The molecule has 4 nitrogen and oxygen atoms in total. The van der Waals surface area contributed by atoms with Crippen LogP contribution in [0.5, 0.6) is 0 Å². The molecule has 0 aromatic rings. The minimum Gasteiger partial charge on any atom is -0.396 e. The summed E-state index contributed by atoms with van der Waals surface area (Å²) >= 11 is 0. The number of aliphatic hydroxyl groups excluding tert-OH is 1. The molecule has 2 atom stereocenters. The molecule has 0 radical (unpaired) electrons. The first-order chi connectivity index (χ1) is 8.31. The molecule has 0 aromatic carbocycles. The molecular formula is C13H27NO3. The summed E-state index contributed by atoms with van der Waals surface area (Å²) < 4.78 is 11.0. The molecule has 1 rings (SSSR count). The van der Waals surface area contributed by atoms with Gasteiger partial charge >= 0.3 is 0 Å². The fraction of sp³-hybridized carbons (Fsp3) is 1.00. The van der Waals surface area contributed by atoms with Crippen molar-refractivity contribution in [1.82, 2.24) is 5.32 Å². The standard InChI is InChI=1S/C13H27NO3/c1-3-16-13(17-4-2)8-9-14-12-7-5-6-11(12)10-15/h11-15H,3-10H2,1-2H3. The van der Waals surface area contributed by atoms with Crippen LogP contribution in [0.1, 0.15) is 39.5 Å². The maximum absolute atomic E-state index is 9.22. The summed E-state index contributed by atoms with van der Waals surface area (Å²) in [5.41, 5.74) is 0. The van der Waals surface area contributed by atoms with Crippen LogP contribution >= 0.6 is 0 Å². The highest BCUT2D eigenvalue weighted by Gasteiger charge is 2.25. The van der Waals surface area contributed by atoms with E-state index in [2.05, 4.69) is 5.32 Å². The van der Waals surface area contributed by atoms with E-state index in [4.69, 9.17) is 9.47 Å². The van der Waals surface area contributed by atoms with Crippen LogP contribution in [-0.4, -0.2) is 43.8 Å². The lowest BCUT2D eigenvalue weighted by molar-refractivity contribution is -0.138. The quantitative estimate of drug-likeness (QED) is 0.605. The second-order valence-corrected chi connectivity index (χ2v) is 4.56. The Balaban J connectivity index is 2.16. The normalized spacial score (nSPS) is 24.7. The zero-order valence-electron chi connectivity index (χ0n) is 11.2. The van der Waals surface area contributed by atoms with Gasteiger partial charge in [-0.1, -0.05) is 6.42 Å². The third kappa shape index (κ3) is 5.34. The molecule has 0 spiro atoms. The molecule has 0 aromatic heterocycles. The molecule has 0 aliphatic heterocycles. The fourth-order valence-electron chi connectivity index (χ4n) is 2.50. The van der Waals surface area contributed by atoms with E-state index < -0.39 is 0 Å². The zero-order chi connectivity index (χ0) is 12.5. The lowest BCUT2D eigenvalue weighted by atomic mass is 10.1. The maximum Gasteiger partial charge on any atom is 0.158 e. The van der Waals surface area contributed by atoms with E-state index in [9.17, 15) is 5.11 Å². The molecule has 1 saturated carbocycles. The second-order valence-electron chi connectivity index (χ2n) is 4.56. The Morgan fingerprint density at radius 2 is 1.94 bits per heavy atom. The summed E-state index contributed by atoms with van der Waals surface area (Å²) in [4.78, 5) is 0. The van der Waals surface area contributed by atoms with Gasteiger partial charge in [0.25, 0.3) is 0 Å². The van der Waals surface area contributed by atoms with E-state index in [1.807, 2.05) is 13.8 Å². The van der Waals surface area contributed by atoms with Crippen LogP contribution in [0.3, 0.4) is 0 Å². The number of ether oxygens (including phenoxy) is 2. The van der Waals surface area contributed by atoms with Gasteiger partial charge in [0.1, 0.15) is 0 Å². The molecule has 2 N–H and O–H groups in total. The average molecular weight is 245 g/mol. The van der Waals surface area contributed by atoms with Crippen LogP contribution in [0.25, 0.3) is 0 Å². The summed E-state index contributed by atoms with van der Waals surface area (Å²) in [6.07, 6.45) is 4.33. The van der Waals surface area contributed by atoms with Gasteiger partial charge in [-0.3, -0.25) is 0 Å². The number of nitrogens with one attached hydrogen (secondary N) is 1. The van der Waals surface area contributed by atoms with E-state index >= 15 is 0 Å². The highest BCUT2D eigenvalue weighted by molar-refractivity contribution is 4.82. The Morgan fingerprint density at radius 3 is 2.53 bits per heavy atom. The molecule has 4 heteroatoms. The average Bonchev–Trinajstić information content (AvgIpc) is 2.77. The largest absolute Gasteiger partial charge is 0.396 e. The first kappa shape index (κ1) is 14.9. The van der Waals surface area contributed by atoms with Gasteiger partial charge in [0.2, 0.25) is 0 Å². The molecule has 0 bridgehead atoms. The molecule has 1 fully saturated rings. The minimum absolute atomic E-state index is 0.0912. The van der Waals surface area contributed by atoms with Gasteiger partial charge in [-0.2, -0.15) is 0 Å². The summed E-state index contributed by atoms with van der Waals surface area (Å²) in [5, 5.41) is 12.7. The molecule has 0 heterocycles. The second kappa shape index (κ2) is 8.86. The van der Waals surface area contributed by atoms with Crippen molar-refractivity contribution in [3.8, 4) is 0 Å². The Morgan fingerprint density at radius 1 is 1.24 bits per heavy atom. The highest BCUT2D eigenvalue weighted by Crippen LogP contribution is 2.24. The Labute approximate surface area is 105 Å². The van der Waals surface area contributed by atoms with Gasteiger partial charge in [0.15, 0.2) is 6.29 Å². The topological polar surface area (TPSA) is 50.7 Å². The van der Waals surface area contributed by atoms with Crippen LogP contribution in [0.4, 0.5) is 0 Å².